The first kappa shape index (κ1) is 35.5. The number of hydrogen-bond donors (Lipinski definition) is 3. The highest BCUT2D eigenvalue weighted by molar-refractivity contribution is 7.20. The fourth-order valence-electron chi connectivity index (χ4n) is 7.29. The number of carbonyl (C=O) groups excluding carboxylic acids is 3. The first-order valence-electron chi connectivity index (χ1n) is 17.7. The highest BCUT2D eigenvalue weighted by Crippen LogP contribution is 2.48. The van der Waals surface area contributed by atoms with E-state index in [1.807, 2.05) is 30.3 Å². The lowest BCUT2D eigenvalue weighted by molar-refractivity contribution is -0.141. The lowest BCUT2D eigenvalue weighted by Gasteiger charge is -2.30. The van der Waals surface area contributed by atoms with Gasteiger partial charge in [-0.25, -0.2) is 4.98 Å². The average molecular weight is 736 g/mol. The molecule has 0 bridgehead atoms. The number of halogens is 3. The Balaban J connectivity index is 1.16. The van der Waals surface area contributed by atoms with Crippen LogP contribution in [0.5, 0.6) is 10.9 Å². The van der Waals surface area contributed by atoms with Crippen molar-refractivity contribution in [1.82, 2.24) is 20.7 Å². The van der Waals surface area contributed by atoms with Crippen molar-refractivity contribution in [2.75, 3.05) is 11.9 Å². The summed E-state index contributed by atoms with van der Waals surface area (Å²) in [5.74, 6) is -1.08. The molecule has 3 N–H and O–H groups in total. The Labute approximate surface area is 303 Å². The normalized spacial score (nSPS) is 25.6. The summed E-state index contributed by atoms with van der Waals surface area (Å²) in [4.78, 5) is 54.1. The maximum atomic E-state index is 14.5. The van der Waals surface area contributed by atoms with Crippen LogP contribution < -0.4 is 25.7 Å². The minimum Gasteiger partial charge on any atom is -0.465 e. The molecule has 7 rings (SSSR count). The number of benzene rings is 3. The van der Waals surface area contributed by atoms with E-state index in [1.54, 1.807) is 24.3 Å². The van der Waals surface area contributed by atoms with Crippen LogP contribution in [0.4, 0.5) is 18.9 Å². The highest BCUT2D eigenvalue weighted by Gasteiger charge is 2.62. The van der Waals surface area contributed by atoms with Gasteiger partial charge in [-0.1, -0.05) is 79.8 Å². The van der Waals surface area contributed by atoms with Crippen molar-refractivity contribution in [2.45, 2.75) is 87.7 Å². The second kappa shape index (κ2) is 15.0. The largest absolute Gasteiger partial charge is 0.465 e. The molecule has 0 spiro atoms. The van der Waals surface area contributed by atoms with Gasteiger partial charge in [-0.15, -0.1) is 0 Å². The molecular formula is C38H40F3N5O5S. The van der Waals surface area contributed by atoms with Crippen LogP contribution >= 0.6 is 11.3 Å². The molecule has 4 aromatic rings. The molecule has 1 aromatic heterocycles. The molecule has 274 valence electrons. The quantitative estimate of drug-likeness (QED) is 0.177. The maximum absolute atomic E-state index is 14.5. The number of para-hydroxylation sites is 2. The number of anilines is 1. The molecule has 0 radical (unpaired) electrons. The number of hydroxylamine groups is 1. The Morgan fingerprint density at radius 3 is 2.48 bits per heavy atom. The van der Waals surface area contributed by atoms with Gasteiger partial charge in [0.2, 0.25) is 11.8 Å². The number of thiazole rings is 1. The summed E-state index contributed by atoms with van der Waals surface area (Å²) in [5, 5.41) is 6.49. The monoisotopic (exact) mass is 735 g/mol. The fraction of sp³-hybridized carbons (Fsp3) is 0.421. The summed E-state index contributed by atoms with van der Waals surface area (Å²) in [6.45, 7) is 0.0490. The van der Waals surface area contributed by atoms with E-state index in [0.717, 1.165) is 54.5 Å². The second-order valence-electron chi connectivity index (χ2n) is 13.8. The molecule has 3 aromatic carbocycles. The van der Waals surface area contributed by atoms with E-state index in [4.69, 9.17) is 9.57 Å². The Hall–Kier alpha value is -4.85. The maximum Gasteiger partial charge on any atom is 0.416 e. The number of nitrogens with zero attached hydrogens (tertiary/aromatic N) is 2. The van der Waals surface area contributed by atoms with Crippen LogP contribution in [0.1, 0.15) is 63.4 Å². The zero-order chi connectivity index (χ0) is 36.3. The molecule has 3 fully saturated rings. The van der Waals surface area contributed by atoms with Gasteiger partial charge in [0.25, 0.3) is 11.1 Å². The van der Waals surface area contributed by atoms with E-state index in [0.29, 0.717) is 30.2 Å². The van der Waals surface area contributed by atoms with Crippen LogP contribution in [-0.2, 0) is 20.6 Å². The van der Waals surface area contributed by atoms with Crippen LogP contribution in [0, 0.1) is 5.92 Å². The number of hydrogen-bond acceptors (Lipinski definition) is 8. The number of rotatable bonds is 7. The lowest BCUT2D eigenvalue weighted by atomic mass is 10.0. The number of carbonyl (C=O) groups is 3. The standard InChI is InChI=1S/C38H40F3N5O5S/c39-38(40,41)24-13-11-14-26(20-24)42-30-18-8-3-1-2-5-12-25-22-37(25,35(49)45-51-27-15-6-4-7-16-27)44-33(47)31-21-28(23-46(31)34(30)48)50-36-43-29-17-9-10-19-32(29)52-36/h4,6-7,9-11,13-17,19-20,25,28,30-31,42H,1-3,5,8,12,18,21-23H2,(H,44,47)(H,45,49)/t25-,28-,30+,31+,37-/m1/s1. The molecule has 1 saturated carbocycles. The fourth-order valence-corrected chi connectivity index (χ4v) is 8.17. The summed E-state index contributed by atoms with van der Waals surface area (Å²) in [6.07, 6.45) is 0.618. The van der Waals surface area contributed by atoms with Gasteiger partial charge in [0.05, 0.1) is 22.3 Å². The topological polar surface area (TPSA) is 122 Å². The first-order valence-corrected chi connectivity index (χ1v) is 18.5. The molecule has 0 unspecified atom stereocenters. The van der Waals surface area contributed by atoms with Crippen molar-refractivity contribution in [2.24, 2.45) is 5.92 Å². The van der Waals surface area contributed by atoms with Gasteiger partial charge in [-0.3, -0.25) is 14.4 Å². The minimum absolute atomic E-state index is 0.0490. The van der Waals surface area contributed by atoms with Crippen LogP contribution in [-0.4, -0.2) is 57.9 Å². The molecule has 52 heavy (non-hydrogen) atoms. The number of ether oxygens (including phenoxy) is 1. The van der Waals surface area contributed by atoms with Crippen molar-refractivity contribution in [3.05, 3.63) is 84.4 Å². The van der Waals surface area contributed by atoms with Crippen LogP contribution in [0.2, 0.25) is 0 Å². The highest BCUT2D eigenvalue weighted by atomic mass is 32.1. The molecule has 3 amide bonds. The zero-order valence-electron chi connectivity index (χ0n) is 28.4. The van der Waals surface area contributed by atoms with Gasteiger partial charge in [-0.2, -0.15) is 18.7 Å². The molecule has 2 aliphatic heterocycles. The van der Waals surface area contributed by atoms with Crippen molar-refractivity contribution in [1.29, 1.82) is 0 Å². The van der Waals surface area contributed by atoms with E-state index in [2.05, 4.69) is 21.1 Å². The molecule has 3 heterocycles. The van der Waals surface area contributed by atoms with Crippen molar-refractivity contribution in [3.63, 3.8) is 0 Å². The SMILES string of the molecule is O=C1N[C@]2(C(=O)NOc3ccccc3)C[C@H]2CCCCCCC[C@H](Nc2cccc(C(F)(F)F)c2)C(=O)N2C[C@H](Oc3nc4ccccc4s3)C[C@@H]12. The molecule has 3 aliphatic rings. The summed E-state index contributed by atoms with van der Waals surface area (Å²) in [5.41, 5.74) is 1.40. The van der Waals surface area contributed by atoms with Gasteiger partial charge in [0.15, 0.2) is 5.75 Å². The van der Waals surface area contributed by atoms with E-state index in [9.17, 15) is 27.6 Å². The van der Waals surface area contributed by atoms with Crippen molar-refractivity contribution in [3.8, 4) is 10.9 Å². The summed E-state index contributed by atoms with van der Waals surface area (Å²) >= 11 is 1.36. The molecule has 2 saturated heterocycles. The second-order valence-corrected chi connectivity index (χ2v) is 14.8. The predicted octanol–water partition coefficient (Wildman–Crippen LogP) is 6.87. The molecule has 14 heteroatoms. The lowest BCUT2D eigenvalue weighted by Crippen LogP contribution is -2.57. The number of amides is 3. The third-order valence-corrected chi connectivity index (χ3v) is 11.1. The van der Waals surface area contributed by atoms with Crippen molar-refractivity contribution < 1.29 is 37.1 Å². The summed E-state index contributed by atoms with van der Waals surface area (Å²) in [6, 6.07) is 19.2. The van der Waals surface area contributed by atoms with Crippen LogP contribution in [0.15, 0.2) is 78.9 Å². The van der Waals surface area contributed by atoms with Gasteiger partial charge in [0, 0.05) is 12.1 Å². The van der Waals surface area contributed by atoms with E-state index < -0.39 is 53.2 Å². The summed E-state index contributed by atoms with van der Waals surface area (Å²) < 4.78 is 48.0. The Bertz CT molecular complexity index is 1880. The molecule has 5 atom stereocenters. The first-order chi connectivity index (χ1) is 25.1. The Kier molecular flexibility index (Phi) is 10.3. The van der Waals surface area contributed by atoms with Crippen LogP contribution in [0.25, 0.3) is 10.2 Å². The Morgan fingerprint density at radius 2 is 1.69 bits per heavy atom. The third-order valence-electron chi connectivity index (χ3n) is 10.1. The van der Waals surface area contributed by atoms with E-state index in [1.165, 1.54) is 28.4 Å². The average Bonchev–Trinajstić information content (AvgIpc) is 3.43. The Morgan fingerprint density at radius 1 is 0.942 bits per heavy atom. The number of fused-ring (bicyclic) bond motifs is 3. The van der Waals surface area contributed by atoms with E-state index in [-0.39, 0.29) is 24.6 Å². The van der Waals surface area contributed by atoms with Gasteiger partial charge < -0.3 is 25.1 Å². The summed E-state index contributed by atoms with van der Waals surface area (Å²) in [7, 11) is 0. The molecule has 1 aliphatic carbocycles. The number of alkyl halides is 3. The molecule has 10 nitrogen and oxygen atoms in total. The van der Waals surface area contributed by atoms with Crippen molar-refractivity contribution >= 4 is 45.0 Å². The zero-order valence-corrected chi connectivity index (χ0v) is 29.2. The predicted molar refractivity (Wildman–Crippen MR) is 190 cm³/mol. The third kappa shape index (κ3) is 7.96. The smallest absolute Gasteiger partial charge is 0.416 e. The number of aromatic nitrogens is 1. The van der Waals surface area contributed by atoms with Gasteiger partial charge in [-0.05, 0) is 67.6 Å². The van der Waals surface area contributed by atoms with Gasteiger partial charge in [0.1, 0.15) is 23.7 Å². The number of nitrogens with one attached hydrogen (secondary N) is 3. The molecular weight excluding hydrogens is 696 g/mol. The minimum atomic E-state index is -4.55. The van der Waals surface area contributed by atoms with Gasteiger partial charge >= 0.3 is 6.18 Å². The van der Waals surface area contributed by atoms with E-state index >= 15 is 0 Å². The van der Waals surface area contributed by atoms with Crippen LogP contribution in [0.3, 0.4) is 0 Å².